The van der Waals surface area contributed by atoms with Crippen LogP contribution < -0.4 is 9.62 Å². The minimum atomic E-state index is -4.80. The lowest BCUT2D eigenvalue weighted by Gasteiger charge is -2.21. The van der Waals surface area contributed by atoms with E-state index in [1.165, 1.54) is 43.0 Å². The van der Waals surface area contributed by atoms with Crippen molar-refractivity contribution in [3.63, 3.8) is 0 Å². The first-order valence-electron chi connectivity index (χ1n) is 18.9. The second kappa shape index (κ2) is 19.6. The molecule has 1 N–H and O–H groups in total. The molecular formula is C41H37Cl2F10N7O3S2. The van der Waals surface area contributed by atoms with Crippen LogP contribution in [0.3, 0.4) is 0 Å². The van der Waals surface area contributed by atoms with Crippen molar-refractivity contribution in [2.45, 2.75) is 81.7 Å². The second-order valence-electron chi connectivity index (χ2n) is 15.1. The Hall–Kier alpha value is -4.69. The number of carbonyl (C=O) groups is 2. The standard InChI is InChI=1S/C31H28Cl2F5N5O2S2.C10H9F5N2O/c1-30(2,46-4)11-10-20-6-7-21(26(40-20)24(39-3)14-17-12-18(34)15-19(35)13-17)22-8-9-23(32)25-27(22)42(16-31(36,37)38)41-28(25)43(29(33)44)47(5)45;1-5-4-9(11,12)8-6(5)7(10(13,14)15)16-17(8)2-3-18/h6-9,12-13,15,24,39H,14,16H2,1-5H3;3,5H,2,4H2,1H3/t;5-/m.0/s1. The van der Waals surface area contributed by atoms with Gasteiger partial charge >= 0.3 is 17.7 Å². The number of pyridine rings is 1. The van der Waals surface area contributed by atoms with Gasteiger partial charge in [0, 0.05) is 35.4 Å². The highest BCUT2D eigenvalue weighted by Crippen LogP contribution is 2.52. The molecule has 5 aromatic rings. The first kappa shape index (κ1) is 51.3. The quantitative estimate of drug-likeness (QED) is 0.0457. The van der Waals surface area contributed by atoms with Crippen LogP contribution in [0.5, 0.6) is 0 Å². The molecule has 0 bridgehead atoms. The summed E-state index contributed by atoms with van der Waals surface area (Å²) in [7, 11) is -0.526. The van der Waals surface area contributed by atoms with Crippen molar-refractivity contribution in [3.8, 4) is 23.0 Å². The van der Waals surface area contributed by atoms with Gasteiger partial charge in [-0.3, -0.25) is 14.2 Å². The van der Waals surface area contributed by atoms with Crippen LogP contribution in [0.15, 0.2) is 42.5 Å². The molecule has 65 heavy (non-hydrogen) atoms. The molecule has 1 aliphatic carbocycles. The van der Waals surface area contributed by atoms with Crippen LogP contribution >= 0.6 is 35.0 Å². The van der Waals surface area contributed by atoms with Crippen molar-refractivity contribution in [1.29, 1.82) is 0 Å². The third-order valence-corrected chi connectivity index (χ3v) is 12.5. The molecule has 24 heteroatoms. The van der Waals surface area contributed by atoms with Gasteiger partial charge in [0.2, 0.25) is 0 Å². The van der Waals surface area contributed by atoms with Crippen LogP contribution in [-0.2, 0) is 47.4 Å². The van der Waals surface area contributed by atoms with E-state index in [9.17, 15) is 57.7 Å². The molecule has 2 unspecified atom stereocenters. The molecule has 3 atom stereocenters. The molecule has 0 spiro atoms. The van der Waals surface area contributed by atoms with Gasteiger partial charge in [-0.15, -0.1) is 11.8 Å². The predicted octanol–water partition coefficient (Wildman–Crippen LogP) is 10.7. The van der Waals surface area contributed by atoms with Crippen molar-refractivity contribution in [1.82, 2.24) is 29.9 Å². The minimum absolute atomic E-state index is 0.0332. The smallest absolute Gasteiger partial charge is 0.311 e. The fraction of sp³-hybridized carbons (Fsp3) is 0.390. The molecule has 350 valence electrons. The van der Waals surface area contributed by atoms with E-state index >= 15 is 0 Å². The summed E-state index contributed by atoms with van der Waals surface area (Å²) in [6.07, 6.45) is -6.97. The van der Waals surface area contributed by atoms with Gasteiger partial charge in [-0.25, -0.2) is 18.0 Å². The molecule has 3 heterocycles. The molecule has 10 nitrogen and oxygen atoms in total. The third-order valence-electron chi connectivity index (χ3n) is 9.93. The fourth-order valence-electron chi connectivity index (χ4n) is 7.14. The van der Waals surface area contributed by atoms with E-state index in [-0.39, 0.29) is 34.2 Å². The number of anilines is 1. The number of thioether (sulfide) groups is 1. The van der Waals surface area contributed by atoms with Gasteiger partial charge in [0.25, 0.3) is 5.92 Å². The van der Waals surface area contributed by atoms with E-state index in [4.69, 9.17) is 28.2 Å². The number of rotatable bonds is 11. The molecule has 0 saturated carbocycles. The van der Waals surface area contributed by atoms with Crippen molar-refractivity contribution in [2.75, 3.05) is 23.9 Å². The summed E-state index contributed by atoms with van der Waals surface area (Å²) >= 11 is 13.7. The van der Waals surface area contributed by atoms with E-state index < -0.39 is 105 Å². The Morgan fingerprint density at radius 3 is 2.23 bits per heavy atom. The Labute approximate surface area is 382 Å². The number of nitrogens with one attached hydrogen (secondary N) is 1. The van der Waals surface area contributed by atoms with E-state index in [1.54, 1.807) is 19.2 Å². The van der Waals surface area contributed by atoms with Crippen molar-refractivity contribution in [2.24, 2.45) is 0 Å². The second-order valence-corrected chi connectivity index (χ2v) is 18.4. The van der Waals surface area contributed by atoms with E-state index in [0.717, 1.165) is 12.3 Å². The van der Waals surface area contributed by atoms with Crippen LogP contribution in [0, 0.1) is 23.5 Å². The zero-order valence-electron chi connectivity index (χ0n) is 34.9. The third kappa shape index (κ3) is 11.6. The van der Waals surface area contributed by atoms with Crippen LogP contribution in [0.4, 0.5) is 54.5 Å². The molecular weight excluding hydrogens is 964 g/mol. The average Bonchev–Trinajstić information content (AvgIpc) is 3.83. The van der Waals surface area contributed by atoms with Gasteiger partial charge in [-0.2, -0.15) is 49.6 Å². The Morgan fingerprint density at radius 2 is 1.69 bits per heavy atom. The van der Waals surface area contributed by atoms with Crippen LogP contribution in [0.25, 0.3) is 22.0 Å². The van der Waals surface area contributed by atoms with E-state index in [0.29, 0.717) is 36.2 Å². The maximum atomic E-state index is 14.1. The SMILES string of the molecule is CNC(Cc1cc(F)cc(F)c1)c1nc(C#CC(C)(C)SC)ccc1-c1ccc(Cl)c2c(N(C(=O)Cl)S(C)=O)nn(CC(F)(F)F)c12.C[C@H]1CC(F)(F)c2c1c(C(F)(F)F)nn2CC=O. The van der Waals surface area contributed by atoms with Gasteiger partial charge in [-0.1, -0.05) is 30.5 Å². The minimum Gasteiger partial charge on any atom is -0.311 e. The molecule has 6 rings (SSSR count). The molecule has 0 aliphatic heterocycles. The maximum absolute atomic E-state index is 14.1. The van der Waals surface area contributed by atoms with Gasteiger partial charge in [0.05, 0.1) is 39.0 Å². The molecule has 0 saturated heterocycles. The van der Waals surface area contributed by atoms with Crippen molar-refractivity contribution >= 4 is 74.3 Å². The molecule has 1 aliphatic rings. The van der Waals surface area contributed by atoms with Gasteiger partial charge < -0.3 is 10.1 Å². The highest BCUT2D eigenvalue weighted by molar-refractivity contribution is 8.00. The average molecular weight is 1000 g/mol. The number of amides is 1. The maximum Gasteiger partial charge on any atom is 0.435 e. The molecule has 0 radical (unpaired) electrons. The van der Waals surface area contributed by atoms with Crippen LogP contribution in [0.2, 0.25) is 5.02 Å². The molecule has 0 fully saturated rings. The van der Waals surface area contributed by atoms with Crippen molar-refractivity contribution in [3.05, 3.63) is 93.0 Å². The fourth-order valence-corrected chi connectivity index (χ4v) is 8.47. The number of carbonyl (C=O) groups excluding carboxylic acids is 2. The number of aldehydes is 1. The first-order chi connectivity index (χ1) is 30.1. The number of likely N-dealkylation sites (N-methyl/N-ethyl adjacent to an activating group) is 1. The summed E-state index contributed by atoms with van der Waals surface area (Å²) in [5.74, 6) is -0.141. The number of hydrogen-bond donors (Lipinski definition) is 1. The predicted molar refractivity (Wildman–Crippen MR) is 228 cm³/mol. The summed E-state index contributed by atoms with van der Waals surface area (Å²) in [6.45, 7) is 2.95. The number of halogens is 12. The highest BCUT2D eigenvalue weighted by Gasteiger charge is 2.53. The summed E-state index contributed by atoms with van der Waals surface area (Å²) in [4.78, 5) is 27.4. The normalized spacial score (nSPS) is 15.7. The lowest BCUT2D eigenvalue weighted by Crippen LogP contribution is -2.28. The zero-order valence-corrected chi connectivity index (χ0v) is 38.0. The highest BCUT2D eigenvalue weighted by atomic mass is 35.5. The Morgan fingerprint density at radius 1 is 1.06 bits per heavy atom. The van der Waals surface area contributed by atoms with Crippen molar-refractivity contribution < 1.29 is 57.7 Å². The Balaban J connectivity index is 0.000000366. The number of alkyl halides is 8. The zero-order chi connectivity index (χ0) is 48.6. The van der Waals surface area contributed by atoms with Gasteiger partial charge in [0.15, 0.2) is 11.5 Å². The lowest BCUT2D eigenvalue weighted by atomic mass is 9.94. The molecule has 2 aromatic carbocycles. The number of fused-ring (bicyclic) bond motifs is 2. The first-order valence-corrected chi connectivity index (χ1v) is 22.4. The Kier molecular flexibility index (Phi) is 15.5. The molecule has 1 amide bonds. The lowest BCUT2D eigenvalue weighted by molar-refractivity contribution is -0.143. The van der Waals surface area contributed by atoms with Crippen LogP contribution in [-0.4, -0.2) is 70.9 Å². The number of nitrogens with zero attached hydrogens (tertiary/aromatic N) is 6. The van der Waals surface area contributed by atoms with Gasteiger partial charge in [0.1, 0.15) is 46.8 Å². The number of benzene rings is 2. The van der Waals surface area contributed by atoms with Crippen LogP contribution in [0.1, 0.15) is 73.1 Å². The monoisotopic (exact) mass is 999 g/mol. The van der Waals surface area contributed by atoms with E-state index in [1.807, 2.05) is 20.1 Å². The summed E-state index contributed by atoms with van der Waals surface area (Å²) in [5, 5.41) is 8.80. The molecule has 3 aromatic heterocycles. The largest absolute Gasteiger partial charge is 0.435 e. The van der Waals surface area contributed by atoms with E-state index in [2.05, 4.69) is 27.4 Å². The summed E-state index contributed by atoms with van der Waals surface area (Å²) in [6, 6.07) is 8.44. The summed E-state index contributed by atoms with van der Waals surface area (Å²) < 4.78 is 149. The number of aromatic nitrogens is 5. The topological polar surface area (TPSA) is 115 Å². The van der Waals surface area contributed by atoms with Gasteiger partial charge in [-0.05, 0) is 92.9 Å². The summed E-state index contributed by atoms with van der Waals surface area (Å²) in [5.41, 5.74) is -1.32. The number of hydrogen-bond acceptors (Lipinski definition) is 8. The Bertz CT molecular complexity index is 2680.